The van der Waals surface area contributed by atoms with E-state index >= 15 is 0 Å². The van der Waals surface area contributed by atoms with Crippen LogP contribution in [-0.4, -0.2) is 35.1 Å². The van der Waals surface area contributed by atoms with Crippen LogP contribution in [-0.2, 0) is 0 Å². The Hall–Kier alpha value is -1.35. The van der Waals surface area contributed by atoms with Gasteiger partial charge in [-0.25, -0.2) is 0 Å². The summed E-state index contributed by atoms with van der Waals surface area (Å²) in [6.45, 7) is 5.65. The molecule has 0 unspecified atom stereocenters. The molecule has 2 atom stereocenters. The van der Waals surface area contributed by atoms with E-state index in [2.05, 4.69) is 6.92 Å². The highest BCUT2D eigenvalue weighted by Crippen LogP contribution is 2.45. The van der Waals surface area contributed by atoms with Gasteiger partial charge in [0.05, 0.1) is 6.10 Å². The third kappa shape index (κ3) is 2.59. The molecule has 0 bridgehead atoms. The molecule has 1 aliphatic carbocycles. The van der Waals surface area contributed by atoms with Crippen molar-refractivity contribution in [3.8, 4) is 0 Å². The predicted octanol–water partition coefficient (Wildman–Crippen LogP) is 3.07. The van der Waals surface area contributed by atoms with E-state index in [0.717, 1.165) is 56.3 Å². The summed E-state index contributed by atoms with van der Waals surface area (Å²) in [6, 6.07) is 5.94. The van der Waals surface area contributed by atoms with Gasteiger partial charge in [0.2, 0.25) is 0 Å². The largest absolute Gasteiger partial charge is 0.392 e. The maximum Gasteiger partial charge on any atom is 0.253 e. The van der Waals surface area contributed by atoms with Gasteiger partial charge in [0.15, 0.2) is 0 Å². The van der Waals surface area contributed by atoms with Gasteiger partial charge in [-0.05, 0) is 62.8 Å². The van der Waals surface area contributed by atoms with E-state index in [1.807, 2.05) is 30.0 Å². The minimum atomic E-state index is -0.229. The number of amides is 1. The summed E-state index contributed by atoms with van der Waals surface area (Å²) in [6.07, 6.45) is 4.88. The lowest BCUT2D eigenvalue weighted by molar-refractivity contribution is -0.00536. The molecule has 1 saturated carbocycles. The summed E-state index contributed by atoms with van der Waals surface area (Å²) in [5.41, 5.74) is 3.12. The maximum absolute atomic E-state index is 12.8. The number of carbonyl (C=O) groups excluding carboxylic acids is 1. The third-order valence-corrected chi connectivity index (χ3v) is 5.51. The highest BCUT2D eigenvalue weighted by molar-refractivity contribution is 5.94. The average Bonchev–Trinajstić information content (AvgIpc) is 2.82. The van der Waals surface area contributed by atoms with Crippen molar-refractivity contribution in [1.29, 1.82) is 0 Å². The first kappa shape index (κ1) is 14.6. The zero-order valence-corrected chi connectivity index (χ0v) is 13.1. The summed E-state index contributed by atoms with van der Waals surface area (Å²) in [4.78, 5) is 14.7. The molecule has 21 heavy (non-hydrogen) atoms. The Kier molecular flexibility index (Phi) is 3.78. The minimum Gasteiger partial charge on any atom is -0.392 e. The number of aliphatic hydroxyl groups excluding tert-OH is 1. The number of carbonyl (C=O) groups is 1. The Labute approximate surface area is 127 Å². The van der Waals surface area contributed by atoms with Gasteiger partial charge in [-0.2, -0.15) is 0 Å². The zero-order chi connectivity index (χ0) is 15.0. The first-order valence-corrected chi connectivity index (χ1v) is 8.06. The molecule has 0 aromatic heterocycles. The number of hydrogen-bond donors (Lipinski definition) is 1. The average molecular weight is 287 g/mol. The van der Waals surface area contributed by atoms with Crippen LogP contribution >= 0.6 is 0 Å². The smallest absolute Gasteiger partial charge is 0.253 e. The molecule has 1 saturated heterocycles. The van der Waals surface area contributed by atoms with E-state index < -0.39 is 0 Å². The lowest BCUT2D eigenvalue weighted by atomic mass is 9.76. The Bertz CT molecular complexity index is 554. The molecule has 0 radical (unpaired) electrons. The van der Waals surface area contributed by atoms with E-state index in [1.54, 1.807) is 0 Å². The fraction of sp³-hybridized carbons (Fsp3) is 0.611. The molecule has 3 heteroatoms. The molecule has 1 aromatic rings. The minimum absolute atomic E-state index is 0.0341. The highest BCUT2D eigenvalue weighted by Gasteiger charge is 2.45. The standard InChI is InChI=1S/C18H25NO2/c1-13-6-7-15(11-14(13)2)17(21)19-10-4-9-18(12-19)8-3-5-16(18)20/h6-7,11,16,20H,3-5,8-10,12H2,1-2H3/t16-,18+/m1/s1. The van der Waals surface area contributed by atoms with Crippen LogP contribution in [0.1, 0.15) is 53.6 Å². The van der Waals surface area contributed by atoms with Crippen LogP contribution in [0.5, 0.6) is 0 Å². The third-order valence-electron chi connectivity index (χ3n) is 5.51. The van der Waals surface area contributed by atoms with Crippen molar-refractivity contribution in [3.63, 3.8) is 0 Å². The van der Waals surface area contributed by atoms with E-state index in [9.17, 15) is 9.90 Å². The molecule has 1 aromatic carbocycles. The first-order valence-electron chi connectivity index (χ1n) is 8.06. The molecule has 1 N–H and O–H groups in total. The van der Waals surface area contributed by atoms with Crippen molar-refractivity contribution < 1.29 is 9.90 Å². The van der Waals surface area contributed by atoms with Crippen molar-refractivity contribution in [2.24, 2.45) is 5.41 Å². The molecule has 2 aliphatic rings. The fourth-order valence-corrected chi connectivity index (χ4v) is 3.99. The second-order valence-electron chi connectivity index (χ2n) is 6.90. The van der Waals surface area contributed by atoms with E-state index in [4.69, 9.17) is 0 Å². The summed E-state index contributed by atoms with van der Waals surface area (Å²) in [7, 11) is 0. The number of aryl methyl sites for hydroxylation is 2. The number of likely N-dealkylation sites (tertiary alicyclic amines) is 1. The summed E-state index contributed by atoms with van der Waals surface area (Å²) < 4.78 is 0. The van der Waals surface area contributed by atoms with Gasteiger partial charge >= 0.3 is 0 Å². The van der Waals surface area contributed by atoms with Crippen LogP contribution in [0.15, 0.2) is 18.2 Å². The van der Waals surface area contributed by atoms with E-state index in [-0.39, 0.29) is 17.4 Å². The topological polar surface area (TPSA) is 40.5 Å². The SMILES string of the molecule is Cc1ccc(C(=O)N2CCC[C@@]3(CCC[C@H]3O)C2)cc1C. The Morgan fingerprint density at radius 1 is 1.24 bits per heavy atom. The number of nitrogens with zero attached hydrogens (tertiary/aromatic N) is 1. The first-order chi connectivity index (χ1) is 10.0. The van der Waals surface area contributed by atoms with Crippen molar-refractivity contribution in [3.05, 3.63) is 34.9 Å². The van der Waals surface area contributed by atoms with Gasteiger partial charge in [0, 0.05) is 24.1 Å². The summed E-state index contributed by atoms with van der Waals surface area (Å²) >= 11 is 0. The molecule has 1 heterocycles. The van der Waals surface area contributed by atoms with Gasteiger partial charge < -0.3 is 10.0 Å². The number of benzene rings is 1. The number of hydrogen-bond acceptors (Lipinski definition) is 2. The van der Waals surface area contributed by atoms with Crippen LogP contribution in [0, 0.1) is 19.3 Å². The Balaban J connectivity index is 1.79. The molecular formula is C18H25NO2. The van der Waals surface area contributed by atoms with Crippen LogP contribution in [0.3, 0.4) is 0 Å². The van der Waals surface area contributed by atoms with Crippen molar-refractivity contribution >= 4 is 5.91 Å². The normalized spacial score (nSPS) is 29.1. The van der Waals surface area contributed by atoms with Crippen LogP contribution < -0.4 is 0 Å². The Morgan fingerprint density at radius 3 is 2.67 bits per heavy atom. The van der Waals surface area contributed by atoms with Gasteiger partial charge in [-0.15, -0.1) is 0 Å². The highest BCUT2D eigenvalue weighted by atomic mass is 16.3. The molecule has 3 nitrogen and oxygen atoms in total. The van der Waals surface area contributed by atoms with E-state index in [1.165, 1.54) is 5.56 Å². The quantitative estimate of drug-likeness (QED) is 0.862. The molecule has 2 fully saturated rings. The predicted molar refractivity (Wildman–Crippen MR) is 83.3 cm³/mol. The van der Waals surface area contributed by atoms with Crippen molar-refractivity contribution in [1.82, 2.24) is 4.90 Å². The lowest BCUT2D eigenvalue weighted by Crippen LogP contribution is -2.49. The maximum atomic E-state index is 12.8. The molecule has 3 rings (SSSR count). The second kappa shape index (κ2) is 5.45. The zero-order valence-electron chi connectivity index (χ0n) is 13.1. The molecule has 1 aliphatic heterocycles. The van der Waals surface area contributed by atoms with Gasteiger partial charge in [0.25, 0.3) is 5.91 Å². The van der Waals surface area contributed by atoms with Gasteiger partial charge in [-0.1, -0.05) is 12.5 Å². The number of piperidine rings is 1. The Morgan fingerprint density at radius 2 is 2.00 bits per heavy atom. The summed E-state index contributed by atoms with van der Waals surface area (Å²) in [5, 5.41) is 10.3. The second-order valence-corrected chi connectivity index (χ2v) is 6.90. The number of aliphatic hydroxyl groups is 1. The van der Waals surface area contributed by atoms with Gasteiger partial charge in [0.1, 0.15) is 0 Å². The summed E-state index contributed by atoms with van der Waals surface area (Å²) in [5.74, 6) is 0.122. The fourth-order valence-electron chi connectivity index (χ4n) is 3.99. The monoisotopic (exact) mass is 287 g/mol. The van der Waals surface area contributed by atoms with Crippen molar-refractivity contribution in [2.75, 3.05) is 13.1 Å². The molecule has 114 valence electrons. The lowest BCUT2D eigenvalue weighted by Gasteiger charge is -2.42. The van der Waals surface area contributed by atoms with Crippen LogP contribution in [0.25, 0.3) is 0 Å². The number of rotatable bonds is 1. The molecular weight excluding hydrogens is 262 g/mol. The van der Waals surface area contributed by atoms with Crippen LogP contribution in [0.4, 0.5) is 0 Å². The van der Waals surface area contributed by atoms with Crippen molar-refractivity contribution in [2.45, 2.75) is 52.1 Å². The molecule has 1 amide bonds. The van der Waals surface area contributed by atoms with Gasteiger partial charge in [-0.3, -0.25) is 4.79 Å². The molecule has 1 spiro atoms. The van der Waals surface area contributed by atoms with E-state index in [0.29, 0.717) is 0 Å². The van der Waals surface area contributed by atoms with Crippen LogP contribution in [0.2, 0.25) is 0 Å².